The number of ether oxygens (including phenoxy) is 5. The number of fused-ring (bicyclic) bond motifs is 4. The van der Waals surface area contributed by atoms with E-state index in [0.717, 1.165) is 37.7 Å². The van der Waals surface area contributed by atoms with Crippen LogP contribution in [0.2, 0.25) is 0 Å². The van der Waals surface area contributed by atoms with Crippen molar-refractivity contribution >= 4 is 0 Å². The highest BCUT2D eigenvalue weighted by Crippen LogP contribution is 2.89. The smallest absolute Gasteiger partial charge is 0.187 e. The van der Waals surface area contributed by atoms with Crippen molar-refractivity contribution in [3.8, 4) is 0 Å². The third kappa shape index (κ3) is 5.87. The van der Waals surface area contributed by atoms with Crippen LogP contribution in [0.25, 0.3) is 0 Å². The summed E-state index contributed by atoms with van der Waals surface area (Å²) in [5.74, 6) is 1.97. The second-order valence-electron chi connectivity index (χ2n) is 20.3. The molecule has 55 heavy (non-hydrogen) atoms. The standard InChI is InChI=1S/C42H68O13/c1-20(18-51-36-34(49)32(47)30(45)24(16-43)53-36)7-8-22-21(2)29-23(52-22)15-40(6)27-10-9-26-38(3,4)28(55-37-35(50)33(48)31(46)25(17-44)54-37)11-12-41(26)19-42(27,41)14-13-39(29,40)5/h7,21-37,43-50H,8-19H2,1-6H3. The minimum Gasteiger partial charge on any atom is -0.394 e. The first-order valence-electron chi connectivity index (χ1n) is 21.1. The molecule has 5 saturated carbocycles. The first kappa shape index (κ1) is 41.0. The molecular weight excluding hydrogens is 712 g/mol. The highest BCUT2D eigenvalue weighted by Gasteiger charge is 2.83. The maximum Gasteiger partial charge on any atom is 0.187 e. The quantitative estimate of drug-likeness (QED) is 0.124. The highest BCUT2D eigenvalue weighted by molar-refractivity contribution is 5.32. The fourth-order valence-corrected chi connectivity index (χ4v) is 14.7. The summed E-state index contributed by atoms with van der Waals surface area (Å²) in [5, 5.41) is 81.3. The van der Waals surface area contributed by atoms with Gasteiger partial charge in [-0.1, -0.05) is 46.3 Å². The van der Waals surface area contributed by atoms with Gasteiger partial charge in [0.1, 0.15) is 48.8 Å². The molecule has 0 amide bonds. The third-order valence-electron chi connectivity index (χ3n) is 17.8. The number of hydrogen-bond acceptors (Lipinski definition) is 13. The molecule has 0 bridgehead atoms. The lowest BCUT2D eigenvalue weighted by Crippen LogP contribution is -2.62. The lowest BCUT2D eigenvalue weighted by Gasteiger charge is -2.63. The monoisotopic (exact) mass is 780 g/mol. The van der Waals surface area contributed by atoms with Crippen molar-refractivity contribution in [2.45, 2.75) is 179 Å². The van der Waals surface area contributed by atoms with Crippen molar-refractivity contribution in [2.24, 2.45) is 50.7 Å². The van der Waals surface area contributed by atoms with Gasteiger partial charge in [0.15, 0.2) is 12.6 Å². The first-order chi connectivity index (χ1) is 25.9. The largest absolute Gasteiger partial charge is 0.394 e. The van der Waals surface area contributed by atoms with E-state index in [1.54, 1.807) is 0 Å². The van der Waals surface area contributed by atoms with E-state index in [9.17, 15) is 40.9 Å². The average Bonchev–Trinajstić information content (AvgIpc) is 3.63. The minimum atomic E-state index is -1.47. The van der Waals surface area contributed by atoms with E-state index in [1.807, 2.05) is 6.92 Å². The Bertz CT molecular complexity index is 1460. The van der Waals surface area contributed by atoms with Gasteiger partial charge >= 0.3 is 0 Å². The summed E-state index contributed by atoms with van der Waals surface area (Å²) in [6, 6.07) is 0. The molecule has 0 aromatic heterocycles. The molecule has 8 aliphatic rings. The van der Waals surface area contributed by atoms with Crippen molar-refractivity contribution < 1.29 is 64.5 Å². The van der Waals surface area contributed by atoms with Crippen LogP contribution in [-0.4, -0.2) is 140 Å². The predicted octanol–water partition coefficient (Wildman–Crippen LogP) is 1.78. The fraction of sp³-hybridized carbons (Fsp3) is 0.952. The summed E-state index contributed by atoms with van der Waals surface area (Å²) in [4.78, 5) is 0. The second-order valence-corrected chi connectivity index (χ2v) is 20.3. The molecule has 13 heteroatoms. The molecule has 0 aromatic rings. The van der Waals surface area contributed by atoms with Gasteiger partial charge in [0.2, 0.25) is 0 Å². The van der Waals surface area contributed by atoms with Gasteiger partial charge in [-0.15, -0.1) is 0 Å². The average molecular weight is 781 g/mol. The van der Waals surface area contributed by atoms with Gasteiger partial charge in [-0.25, -0.2) is 0 Å². The topological polar surface area (TPSA) is 208 Å². The zero-order valence-corrected chi connectivity index (χ0v) is 33.5. The molecule has 5 aliphatic carbocycles. The lowest BCUT2D eigenvalue weighted by molar-refractivity contribution is -0.326. The van der Waals surface area contributed by atoms with Crippen LogP contribution < -0.4 is 0 Å². The molecule has 3 aliphatic heterocycles. The Morgan fingerprint density at radius 2 is 1.29 bits per heavy atom. The Balaban J connectivity index is 0.911. The molecule has 8 fully saturated rings. The summed E-state index contributed by atoms with van der Waals surface area (Å²) in [6.07, 6.45) is -0.782. The Kier molecular flexibility index (Phi) is 10.6. The maximum absolute atomic E-state index is 10.8. The van der Waals surface area contributed by atoms with Crippen molar-refractivity contribution in [1.82, 2.24) is 0 Å². The normalized spacial score (nSPS) is 56.9. The van der Waals surface area contributed by atoms with E-state index in [-0.39, 0.29) is 46.6 Å². The first-order valence-corrected chi connectivity index (χ1v) is 21.1. The van der Waals surface area contributed by atoms with Gasteiger partial charge in [0.05, 0.1) is 38.1 Å². The van der Waals surface area contributed by atoms with Gasteiger partial charge < -0.3 is 64.5 Å². The number of hydrogen-bond donors (Lipinski definition) is 8. The van der Waals surface area contributed by atoms with Crippen LogP contribution in [0.4, 0.5) is 0 Å². The number of aliphatic hydroxyl groups is 8. The molecule has 0 radical (unpaired) electrons. The van der Waals surface area contributed by atoms with Crippen molar-refractivity contribution in [3.05, 3.63) is 11.6 Å². The number of rotatable bonds is 9. The van der Waals surface area contributed by atoms with Crippen molar-refractivity contribution in [1.29, 1.82) is 0 Å². The van der Waals surface area contributed by atoms with Crippen LogP contribution in [0.3, 0.4) is 0 Å². The van der Waals surface area contributed by atoms with Gasteiger partial charge in [-0.2, -0.15) is 0 Å². The van der Waals surface area contributed by atoms with E-state index >= 15 is 0 Å². The molecule has 314 valence electrons. The summed E-state index contributed by atoms with van der Waals surface area (Å²) in [7, 11) is 0. The second kappa shape index (κ2) is 14.2. The molecule has 21 unspecified atom stereocenters. The molecule has 21 atom stereocenters. The van der Waals surface area contributed by atoms with Crippen molar-refractivity contribution in [2.75, 3.05) is 19.8 Å². The zero-order valence-electron chi connectivity index (χ0n) is 33.5. The summed E-state index contributed by atoms with van der Waals surface area (Å²) in [6.45, 7) is 13.3. The molecule has 8 N–H and O–H groups in total. The van der Waals surface area contributed by atoms with Gasteiger partial charge in [0, 0.05) is 0 Å². The van der Waals surface area contributed by atoms with E-state index < -0.39 is 74.6 Å². The Morgan fingerprint density at radius 1 is 0.691 bits per heavy atom. The number of aliphatic hydroxyl groups excluding tert-OH is 8. The Hall–Kier alpha value is -0.780. The molecule has 13 nitrogen and oxygen atoms in total. The van der Waals surface area contributed by atoms with E-state index in [0.29, 0.717) is 29.1 Å². The lowest BCUT2D eigenvalue weighted by atomic mass is 9.41. The van der Waals surface area contributed by atoms with Crippen molar-refractivity contribution in [3.63, 3.8) is 0 Å². The molecular formula is C42H68O13. The van der Waals surface area contributed by atoms with Gasteiger partial charge in [-0.05, 0) is 115 Å². The molecule has 0 aromatic carbocycles. The van der Waals surface area contributed by atoms with Crippen LogP contribution in [0.1, 0.15) is 99.3 Å². The molecule has 2 spiro atoms. The van der Waals surface area contributed by atoms with Crippen LogP contribution in [-0.2, 0) is 23.7 Å². The van der Waals surface area contributed by atoms with E-state index in [1.165, 1.54) is 25.7 Å². The van der Waals surface area contributed by atoms with Gasteiger partial charge in [0.25, 0.3) is 0 Å². The zero-order chi connectivity index (χ0) is 39.6. The van der Waals surface area contributed by atoms with Crippen LogP contribution >= 0.6 is 0 Å². The molecule has 3 heterocycles. The van der Waals surface area contributed by atoms with Crippen LogP contribution in [0.5, 0.6) is 0 Å². The predicted molar refractivity (Wildman–Crippen MR) is 197 cm³/mol. The van der Waals surface area contributed by atoms with Gasteiger partial charge in [-0.3, -0.25) is 0 Å². The van der Waals surface area contributed by atoms with E-state index in [2.05, 4.69) is 40.7 Å². The SMILES string of the molecule is CC(=CCC1OC2CC3(C)C4CCC5C(C)(C)C(OC6OC(CO)C(O)C(O)C6O)CCC56CC46CCC3(C)C2C1C)COC1OC(CO)C(O)C(O)C1O. The Morgan fingerprint density at radius 3 is 1.95 bits per heavy atom. The summed E-state index contributed by atoms with van der Waals surface area (Å²) in [5.41, 5.74) is 1.70. The molecule has 8 rings (SSSR count). The minimum absolute atomic E-state index is 0.0947. The summed E-state index contributed by atoms with van der Waals surface area (Å²) >= 11 is 0. The molecule has 3 saturated heterocycles. The highest BCUT2D eigenvalue weighted by atomic mass is 16.7. The van der Waals surface area contributed by atoms with Crippen LogP contribution in [0.15, 0.2) is 11.6 Å². The van der Waals surface area contributed by atoms with E-state index in [4.69, 9.17) is 23.7 Å². The summed E-state index contributed by atoms with van der Waals surface area (Å²) < 4.78 is 30.6. The van der Waals surface area contributed by atoms with Crippen LogP contribution in [0, 0.1) is 50.7 Å². The maximum atomic E-state index is 10.8. The fourth-order valence-electron chi connectivity index (χ4n) is 14.7. The third-order valence-corrected chi connectivity index (χ3v) is 17.8. The Labute approximate surface area is 325 Å².